The lowest BCUT2D eigenvalue weighted by molar-refractivity contribution is -0.142. The molecule has 80 valence electrons. The first-order valence-corrected chi connectivity index (χ1v) is 5.54. The lowest BCUT2D eigenvalue weighted by atomic mass is 9.95. The van der Waals surface area contributed by atoms with Crippen LogP contribution in [0.5, 0.6) is 0 Å². The molecule has 0 spiro atoms. The summed E-state index contributed by atoms with van der Waals surface area (Å²) in [4.78, 5) is 11.2. The van der Waals surface area contributed by atoms with Crippen LogP contribution in [0.4, 0.5) is 0 Å². The maximum Gasteiger partial charge on any atom is 0.322 e. The van der Waals surface area contributed by atoms with Crippen molar-refractivity contribution < 1.29 is 9.53 Å². The minimum absolute atomic E-state index is 0.146. The second-order valence-corrected chi connectivity index (χ2v) is 4.69. The Morgan fingerprint density at radius 1 is 1.43 bits per heavy atom. The van der Waals surface area contributed by atoms with Crippen molar-refractivity contribution in [1.82, 2.24) is 5.32 Å². The van der Waals surface area contributed by atoms with Crippen molar-refractivity contribution in [1.29, 1.82) is 0 Å². The van der Waals surface area contributed by atoms with Crippen LogP contribution in [-0.2, 0) is 9.53 Å². The zero-order valence-electron chi connectivity index (χ0n) is 8.95. The van der Waals surface area contributed by atoms with Crippen LogP contribution < -0.4 is 5.32 Å². The van der Waals surface area contributed by atoms with Gasteiger partial charge in [-0.2, -0.15) is 0 Å². The van der Waals surface area contributed by atoms with Crippen molar-refractivity contribution in [3.63, 3.8) is 0 Å². The Morgan fingerprint density at radius 2 is 2.21 bits per heavy atom. The standard InChI is InChI=1S/C11H19NO2/c1-7(11(13)14-2)12-10-6-8-3-4-9(10)5-8/h7-10,12H,3-6H2,1-2H3. The lowest BCUT2D eigenvalue weighted by Crippen LogP contribution is -2.44. The summed E-state index contributed by atoms with van der Waals surface area (Å²) in [5, 5.41) is 3.39. The van der Waals surface area contributed by atoms with Gasteiger partial charge < -0.3 is 10.1 Å². The Labute approximate surface area is 85.2 Å². The number of esters is 1. The summed E-state index contributed by atoms with van der Waals surface area (Å²) in [7, 11) is 1.45. The number of carbonyl (C=O) groups excluding carboxylic acids is 1. The molecular weight excluding hydrogens is 178 g/mol. The van der Waals surface area contributed by atoms with Crippen LogP contribution in [-0.4, -0.2) is 25.2 Å². The monoisotopic (exact) mass is 197 g/mol. The minimum Gasteiger partial charge on any atom is -0.468 e. The molecule has 0 aromatic carbocycles. The van der Waals surface area contributed by atoms with E-state index < -0.39 is 0 Å². The molecule has 0 heterocycles. The molecule has 0 aromatic heterocycles. The van der Waals surface area contributed by atoms with Crippen LogP contribution in [0.25, 0.3) is 0 Å². The molecule has 2 aliphatic carbocycles. The fourth-order valence-electron chi connectivity index (χ4n) is 3.01. The number of hydrogen-bond acceptors (Lipinski definition) is 3. The van der Waals surface area contributed by atoms with Crippen LogP contribution >= 0.6 is 0 Å². The molecule has 3 heteroatoms. The Morgan fingerprint density at radius 3 is 2.71 bits per heavy atom. The molecule has 2 bridgehead atoms. The van der Waals surface area contributed by atoms with E-state index in [4.69, 9.17) is 4.74 Å². The topological polar surface area (TPSA) is 38.3 Å². The Kier molecular flexibility index (Phi) is 2.77. The molecule has 4 unspecified atom stereocenters. The number of rotatable bonds is 3. The van der Waals surface area contributed by atoms with E-state index in [1.807, 2.05) is 6.92 Å². The molecule has 2 rings (SSSR count). The number of hydrogen-bond donors (Lipinski definition) is 1. The lowest BCUT2D eigenvalue weighted by Gasteiger charge is -2.25. The summed E-state index contributed by atoms with van der Waals surface area (Å²) in [6, 6.07) is 0.409. The third-order valence-electron chi connectivity index (χ3n) is 3.76. The Balaban J connectivity index is 1.83. The maximum absolute atomic E-state index is 11.2. The van der Waals surface area contributed by atoms with E-state index in [0.29, 0.717) is 6.04 Å². The van der Waals surface area contributed by atoms with Crippen molar-refractivity contribution in [2.75, 3.05) is 7.11 Å². The summed E-state index contributed by atoms with van der Waals surface area (Å²) in [6.45, 7) is 1.89. The fourth-order valence-corrected chi connectivity index (χ4v) is 3.01. The van der Waals surface area contributed by atoms with Gasteiger partial charge in [0, 0.05) is 6.04 Å². The fraction of sp³-hybridized carbons (Fsp3) is 0.909. The predicted octanol–water partition coefficient (Wildman–Crippen LogP) is 1.33. The number of methoxy groups -OCH3 is 1. The van der Waals surface area contributed by atoms with Gasteiger partial charge >= 0.3 is 5.97 Å². The van der Waals surface area contributed by atoms with E-state index in [1.54, 1.807) is 0 Å². The Bertz CT molecular complexity index is 229. The first-order chi connectivity index (χ1) is 6.70. The summed E-state index contributed by atoms with van der Waals surface area (Å²) in [6.07, 6.45) is 5.36. The maximum atomic E-state index is 11.2. The van der Waals surface area contributed by atoms with Crippen molar-refractivity contribution in [3.8, 4) is 0 Å². The van der Waals surface area contributed by atoms with Crippen LogP contribution in [0.15, 0.2) is 0 Å². The summed E-state index contributed by atoms with van der Waals surface area (Å²) >= 11 is 0. The van der Waals surface area contributed by atoms with Crippen LogP contribution in [0.3, 0.4) is 0 Å². The summed E-state index contributed by atoms with van der Waals surface area (Å²) in [5.74, 6) is 1.59. The van der Waals surface area contributed by atoms with E-state index in [9.17, 15) is 4.79 Å². The van der Waals surface area contributed by atoms with E-state index in [2.05, 4.69) is 5.32 Å². The molecular formula is C11H19NO2. The minimum atomic E-state index is -0.149. The van der Waals surface area contributed by atoms with Crippen molar-refractivity contribution in [3.05, 3.63) is 0 Å². The molecule has 2 fully saturated rings. The highest BCUT2D eigenvalue weighted by Crippen LogP contribution is 2.44. The van der Waals surface area contributed by atoms with E-state index in [-0.39, 0.29) is 12.0 Å². The number of ether oxygens (including phenoxy) is 1. The SMILES string of the molecule is COC(=O)C(C)NC1CC2CCC1C2. The summed E-state index contributed by atoms with van der Waals surface area (Å²) in [5.41, 5.74) is 0. The van der Waals surface area contributed by atoms with Gasteiger partial charge in [-0.1, -0.05) is 6.42 Å². The van der Waals surface area contributed by atoms with Crippen LogP contribution in [0.2, 0.25) is 0 Å². The second kappa shape index (κ2) is 3.89. The van der Waals surface area contributed by atoms with Gasteiger partial charge in [0.25, 0.3) is 0 Å². The van der Waals surface area contributed by atoms with E-state index >= 15 is 0 Å². The number of carbonyl (C=O) groups is 1. The highest BCUT2D eigenvalue weighted by atomic mass is 16.5. The molecule has 14 heavy (non-hydrogen) atoms. The first kappa shape index (κ1) is 9.97. The average Bonchev–Trinajstić information content (AvgIpc) is 2.77. The van der Waals surface area contributed by atoms with Gasteiger partial charge in [0.1, 0.15) is 6.04 Å². The van der Waals surface area contributed by atoms with E-state index in [1.165, 1.54) is 32.8 Å². The van der Waals surface area contributed by atoms with Gasteiger partial charge in [0.05, 0.1) is 7.11 Å². The van der Waals surface area contributed by atoms with Crippen molar-refractivity contribution in [2.24, 2.45) is 11.8 Å². The summed E-state index contributed by atoms with van der Waals surface area (Å²) < 4.78 is 4.70. The zero-order valence-corrected chi connectivity index (χ0v) is 8.95. The number of nitrogens with one attached hydrogen (secondary N) is 1. The molecule has 4 atom stereocenters. The quantitative estimate of drug-likeness (QED) is 0.694. The van der Waals surface area contributed by atoms with Crippen molar-refractivity contribution >= 4 is 5.97 Å². The predicted molar refractivity (Wildman–Crippen MR) is 53.8 cm³/mol. The molecule has 0 radical (unpaired) electrons. The van der Waals surface area contributed by atoms with Gasteiger partial charge in [-0.3, -0.25) is 4.79 Å². The Hall–Kier alpha value is -0.570. The van der Waals surface area contributed by atoms with Gasteiger partial charge in [-0.25, -0.2) is 0 Å². The molecule has 3 nitrogen and oxygen atoms in total. The first-order valence-electron chi connectivity index (χ1n) is 5.54. The van der Waals surface area contributed by atoms with Crippen molar-refractivity contribution in [2.45, 2.75) is 44.7 Å². The van der Waals surface area contributed by atoms with Gasteiger partial charge in [-0.15, -0.1) is 0 Å². The third-order valence-corrected chi connectivity index (χ3v) is 3.76. The third kappa shape index (κ3) is 1.78. The van der Waals surface area contributed by atoms with E-state index in [0.717, 1.165) is 11.8 Å². The second-order valence-electron chi connectivity index (χ2n) is 4.69. The molecule has 0 amide bonds. The molecule has 2 saturated carbocycles. The largest absolute Gasteiger partial charge is 0.468 e. The van der Waals surface area contributed by atoms with Gasteiger partial charge in [0.2, 0.25) is 0 Å². The zero-order chi connectivity index (χ0) is 10.1. The number of fused-ring (bicyclic) bond motifs is 2. The van der Waals surface area contributed by atoms with Crippen LogP contribution in [0, 0.1) is 11.8 Å². The molecule has 0 aromatic rings. The molecule has 2 aliphatic rings. The van der Waals surface area contributed by atoms with Crippen LogP contribution in [0.1, 0.15) is 32.6 Å². The normalized spacial score (nSPS) is 37.1. The van der Waals surface area contributed by atoms with Gasteiger partial charge in [-0.05, 0) is 38.0 Å². The molecule has 1 N–H and O–H groups in total. The molecule has 0 aliphatic heterocycles. The highest BCUT2D eigenvalue weighted by Gasteiger charge is 2.40. The smallest absolute Gasteiger partial charge is 0.322 e. The average molecular weight is 197 g/mol. The molecule has 0 saturated heterocycles. The van der Waals surface area contributed by atoms with Gasteiger partial charge in [0.15, 0.2) is 0 Å². The highest BCUT2D eigenvalue weighted by molar-refractivity contribution is 5.75.